The molecule has 0 aliphatic carbocycles. The van der Waals surface area contributed by atoms with Gasteiger partial charge in [-0.1, -0.05) is 17.7 Å². The van der Waals surface area contributed by atoms with Gasteiger partial charge >= 0.3 is 0 Å². The van der Waals surface area contributed by atoms with Crippen molar-refractivity contribution in [3.8, 4) is 5.75 Å². The minimum atomic E-state index is -0.687. The van der Waals surface area contributed by atoms with Crippen LogP contribution >= 0.6 is 11.6 Å². The lowest BCUT2D eigenvalue weighted by Gasteiger charge is -2.13. The molecule has 0 saturated carbocycles. The van der Waals surface area contributed by atoms with Crippen molar-refractivity contribution in [2.75, 3.05) is 20.3 Å². The van der Waals surface area contributed by atoms with Crippen molar-refractivity contribution in [2.24, 2.45) is 0 Å². The molecule has 4 nitrogen and oxygen atoms in total. The first-order valence-electron chi connectivity index (χ1n) is 5.32. The molecule has 0 aliphatic rings. The molecule has 0 radical (unpaired) electrons. The SMILES string of the molecule is COCC(O)COc1ccc([C@H](C)O)cc1Cl. The molecule has 96 valence electrons. The molecular formula is C12H17ClO4. The van der Waals surface area contributed by atoms with Crippen LogP contribution in [0.25, 0.3) is 0 Å². The Morgan fingerprint density at radius 2 is 2.00 bits per heavy atom. The summed E-state index contributed by atoms with van der Waals surface area (Å²) in [6.07, 6.45) is -1.26. The van der Waals surface area contributed by atoms with Crippen molar-refractivity contribution < 1.29 is 19.7 Å². The summed E-state index contributed by atoms with van der Waals surface area (Å²) in [6.45, 7) is 1.99. The van der Waals surface area contributed by atoms with Crippen molar-refractivity contribution >= 4 is 11.6 Å². The normalized spacial score (nSPS) is 14.4. The van der Waals surface area contributed by atoms with E-state index in [9.17, 15) is 10.2 Å². The van der Waals surface area contributed by atoms with Crippen LogP contribution in [-0.2, 0) is 4.74 Å². The predicted octanol–water partition coefficient (Wildman–Crippen LogP) is 1.78. The third-order valence-electron chi connectivity index (χ3n) is 2.23. The van der Waals surface area contributed by atoms with Crippen LogP contribution in [0.1, 0.15) is 18.6 Å². The number of halogens is 1. The monoisotopic (exact) mass is 260 g/mol. The molecule has 0 spiro atoms. The number of hydrogen-bond donors (Lipinski definition) is 2. The van der Waals surface area contributed by atoms with Gasteiger partial charge < -0.3 is 19.7 Å². The zero-order valence-electron chi connectivity index (χ0n) is 9.89. The summed E-state index contributed by atoms with van der Waals surface area (Å²) in [4.78, 5) is 0. The van der Waals surface area contributed by atoms with Gasteiger partial charge in [0.15, 0.2) is 0 Å². The largest absolute Gasteiger partial charge is 0.489 e. The summed E-state index contributed by atoms with van der Waals surface area (Å²) in [7, 11) is 1.51. The second-order valence-electron chi connectivity index (χ2n) is 3.79. The van der Waals surface area contributed by atoms with E-state index in [-0.39, 0.29) is 13.2 Å². The first-order chi connectivity index (χ1) is 8.04. The van der Waals surface area contributed by atoms with Crippen molar-refractivity contribution in [1.29, 1.82) is 0 Å². The molecule has 0 heterocycles. The average Bonchev–Trinajstić information content (AvgIpc) is 2.27. The topological polar surface area (TPSA) is 58.9 Å². The van der Waals surface area contributed by atoms with Crippen LogP contribution in [0.2, 0.25) is 5.02 Å². The van der Waals surface area contributed by atoms with E-state index in [1.54, 1.807) is 25.1 Å². The molecule has 1 rings (SSSR count). The first-order valence-corrected chi connectivity index (χ1v) is 5.69. The highest BCUT2D eigenvalue weighted by atomic mass is 35.5. The van der Waals surface area contributed by atoms with Gasteiger partial charge in [-0.25, -0.2) is 0 Å². The van der Waals surface area contributed by atoms with Gasteiger partial charge in [-0.2, -0.15) is 0 Å². The van der Waals surface area contributed by atoms with E-state index in [2.05, 4.69) is 0 Å². The number of ether oxygens (including phenoxy) is 2. The molecule has 0 aliphatic heterocycles. The van der Waals surface area contributed by atoms with Crippen molar-refractivity contribution in [1.82, 2.24) is 0 Å². The molecule has 17 heavy (non-hydrogen) atoms. The first kappa shape index (κ1) is 14.3. The fourth-order valence-corrected chi connectivity index (χ4v) is 1.56. The number of rotatable bonds is 6. The van der Waals surface area contributed by atoms with Crippen LogP contribution < -0.4 is 4.74 Å². The van der Waals surface area contributed by atoms with E-state index in [1.165, 1.54) is 7.11 Å². The highest BCUT2D eigenvalue weighted by molar-refractivity contribution is 6.32. The number of hydrogen-bond acceptors (Lipinski definition) is 4. The molecule has 0 saturated heterocycles. The maximum Gasteiger partial charge on any atom is 0.138 e. The Hall–Kier alpha value is -0.810. The van der Waals surface area contributed by atoms with Crippen LogP contribution in [0.3, 0.4) is 0 Å². The average molecular weight is 261 g/mol. The van der Waals surface area contributed by atoms with Gasteiger partial charge in [0.2, 0.25) is 0 Å². The van der Waals surface area contributed by atoms with Gasteiger partial charge in [0, 0.05) is 7.11 Å². The molecule has 2 N–H and O–H groups in total. The molecule has 1 aromatic carbocycles. The van der Waals surface area contributed by atoms with Crippen molar-refractivity contribution in [3.63, 3.8) is 0 Å². The van der Waals surface area contributed by atoms with Gasteiger partial charge in [0.05, 0.1) is 17.7 Å². The second kappa shape index (κ2) is 6.81. The van der Waals surface area contributed by atoms with Gasteiger partial charge in [-0.15, -0.1) is 0 Å². The lowest BCUT2D eigenvalue weighted by atomic mass is 10.1. The molecule has 5 heteroatoms. The summed E-state index contributed by atoms with van der Waals surface area (Å²) in [5, 5.41) is 19.2. The highest BCUT2D eigenvalue weighted by Crippen LogP contribution is 2.27. The second-order valence-corrected chi connectivity index (χ2v) is 4.19. The maximum atomic E-state index is 9.41. The molecule has 0 amide bonds. The van der Waals surface area contributed by atoms with E-state index in [4.69, 9.17) is 21.1 Å². The number of methoxy groups -OCH3 is 1. The van der Waals surface area contributed by atoms with Crippen molar-refractivity contribution in [2.45, 2.75) is 19.1 Å². The van der Waals surface area contributed by atoms with Crippen LogP contribution in [0, 0.1) is 0 Å². The van der Waals surface area contributed by atoms with Crippen LogP contribution in [0.15, 0.2) is 18.2 Å². The molecule has 1 aromatic rings. The molecule has 1 unspecified atom stereocenters. The standard InChI is InChI=1S/C12H17ClO4/c1-8(14)9-3-4-12(11(13)5-9)17-7-10(15)6-16-2/h3-5,8,10,14-15H,6-7H2,1-2H3/t8-,10?/m0/s1. The molecular weight excluding hydrogens is 244 g/mol. The fourth-order valence-electron chi connectivity index (χ4n) is 1.32. The van der Waals surface area contributed by atoms with Crippen molar-refractivity contribution in [3.05, 3.63) is 28.8 Å². The van der Waals surface area contributed by atoms with Crippen LogP contribution in [-0.4, -0.2) is 36.6 Å². The van der Waals surface area contributed by atoms with E-state index in [0.29, 0.717) is 10.8 Å². The predicted molar refractivity (Wildman–Crippen MR) is 65.5 cm³/mol. The molecule has 2 atom stereocenters. The summed E-state index contributed by atoms with van der Waals surface area (Å²) in [5.41, 5.74) is 0.722. The Bertz CT molecular complexity index is 354. The van der Waals surface area contributed by atoms with E-state index in [1.807, 2.05) is 0 Å². The Morgan fingerprint density at radius 1 is 1.29 bits per heavy atom. The summed E-state index contributed by atoms with van der Waals surface area (Å²) in [6, 6.07) is 5.04. The lowest BCUT2D eigenvalue weighted by molar-refractivity contribution is 0.0325. The fraction of sp³-hybridized carbons (Fsp3) is 0.500. The van der Waals surface area contributed by atoms with Crippen LogP contribution in [0.4, 0.5) is 0 Å². The third-order valence-corrected chi connectivity index (χ3v) is 2.52. The van der Waals surface area contributed by atoms with Gasteiger partial charge in [-0.3, -0.25) is 0 Å². The minimum Gasteiger partial charge on any atom is -0.489 e. The molecule has 0 bridgehead atoms. The molecule has 0 aromatic heterocycles. The third kappa shape index (κ3) is 4.52. The Morgan fingerprint density at radius 3 is 2.53 bits per heavy atom. The van der Waals surface area contributed by atoms with Crippen LogP contribution in [0.5, 0.6) is 5.75 Å². The number of aliphatic hydroxyl groups excluding tert-OH is 2. The zero-order valence-corrected chi connectivity index (χ0v) is 10.6. The highest BCUT2D eigenvalue weighted by Gasteiger charge is 2.09. The Balaban J connectivity index is 2.60. The van der Waals surface area contributed by atoms with Gasteiger partial charge in [0.25, 0.3) is 0 Å². The zero-order chi connectivity index (χ0) is 12.8. The van der Waals surface area contributed by atoms with E-state index >= 15 is 0 Å². The summed E-state index contributed by atoms with van der Waals surface area (Å²) < 4.78 is 10.1. The lowest BCUT2D eigenvalue weighted by Crippen LogP contribution is -2.22. The summed E-state index contributed by atoms with van der Waals surface area (Å²) in [5.74, 6) is 0.478. The van der Waals surface area contributed by atoms with E-state index in [0.717, 1.165) is 5.56 Å². The Kier molecular flexibility index (Phi) is 5.71. The van der Waals surface area contributed by atoms with Gasteiger partial charge in [0.1, 0.15) is 18.5 Å². The quantitative estimate of drug-likeness (QED) is 0.819. The number of aliphatic hydroxyl groups is 2. The van der Waals surface area contributed by atoms with E-state index < -0.39 is 12.2 Å². The number of benzene rings is 1. The molecule has 0 fully saturated rings. The van der Waals surface area contributed by atoms with Gasteiger partial charge in [-0.05, 0) is 24.6 Å². The summed E-state index contributed by atoms with van der Waals surface area (Å²) >= 11 is 5.98. The smallest absolute Gasteiger partial charge is 0.138 e. The maximum absolute atomic E-state index is 9.41. The Labute approximate surface area is 106 Å². The minimum absolute atomic E-state index is 0.113.